The fourth-order valence-corrected chi connectivity index (χ4v) is 1.79. The van der Waals surface area contributed by atoms with Gasteiger partial charge in [0, 0.05) is 6.42 Å². The molecule has 1 amide bonds. The van der Waals surface area contributed by atoms with E-state index in [4.69, 9.17) is 21.1 Å². The van der Waals surface area contributed by atoms with Crippen LogP contribution in [0.4, 0.5) is 0 Å². The van der Waals surface area contributed by atoms with E-state index >= 15 is 0 Å². The predicted molar refractivity (Wildman–Crippen MR) is 64.4 cm³/mol. The average molecular weight is 308 g/mol. The van der Waals surface area contributed by atoms with Crippen molar-refractivity contribution in [3.63, 3.8) is 0 Å². The highest BCUT2D eigenvalue weighted by Gasteiger charge is 2.40. The van der Waals surface area contributed by atoms with Gasteiger partial charge in [0.05, 0.1) is 5.92 Å². The average Bonchev–Trinajstić information content (AvgIpc) is 2.42. The molecule has 1 heterocycles. The fraction of sp³-hybridized carbons (Fsp3) is 0.636. The molecule has 1 aliphatic rings. The molecule has 1 rings (SSSR count). The van der Waals surface area contributed by atoms with Crippen LogP contribution in [0.5, 0.6) is 0 Å². The van der Waals surface area contributed by atoms with Gasteiger partial charge in [-0.05, 0) is 6.92 Å². The Labute approximate surface area is 119 Å². The summed E-state index contributed by atoms with van der Waals surface area (Å²) in [4.78, 5) is 42.9. The first kappa shape index (κ1) is 16.2. The standard InChI is InChI=1S/C11H14ClNO7/c1-6-8(19-10(6)16)2-9(12)20-11(17)7(13-4-14)3-18-5-15/h4-9H,2-3H2,1H3,(H,13,14)/t6-,7-,8-,9+/m0/s1. The molecule has 4 atom stereocenters. The number of alkyl halides is 1. The van der Waals surface area contributed by atoms with Gasteiger partial charge in [-0.1, -0.05) is 11.6 Å². The molecule has 0 saturated carbocycles. The molecule has 0 bridgehead atoms. The van der Waals surface area contributed by atoms with Crippen LogP contribution < -0.4 is 5.32 Å². The minimum Gasteiger partial charge on any atom is -0.465 e. The number of carbonyl (C=O) groups excluding carboxylic acids is 4. The molecule has 0 spiro atoms. The van der Waals surface area contributed by atoms with Crippen molar-refractivity contribution < 1.29 is 33.4 Å². The summed E-state index contributed by atoms with van der Waals surface area (Å²) in [5, 5.41) is 2.14. The number of halogens is 1. The van der Waals surface area contributed by atoms with Crippen molar-refractivity contribution >= 4 is 36.4 Å². The van der Waals surface area contributed by atoms with Gasteiger partial charge in [-0.2, -0.15) is 0 Å². The zero-order valence-corrected chi connectivity index (χ0v) is 11.4. The summed E-state index contributed by atoms with van der Waals surface area (Å²) in [6.45, 7) is 1.45. The Morgan fingerprint density at radius 1 is 1.55 bits per heavy atom. The molecule has 8 nitrogen and oxygen atoms in total. The van der Waals surface area contributed by atoms with E-state index in [0.29, 0.717) is 0 Å². The second-order valence-electron chi connectivity index (χ2n) is 4.11. The normalized spacial score (nSPS) is 23.6. The van der Waals surface area contributed by atoms with Crippen LogP contribution in [0, 0.1) is 5.92 Å². The topological polar surface area (TPSA) is 108 Å². The SMILES string of the molecule is C[C@@H]1C(=O)O[C@H]1C[C@H](Cl)OC(=O)[C@H](COC=O)NC=O. The van der Waals surface area contributed by atoms with E-state index in [9.17, 15) is 19.2 Å². The molecule has 0 aromatic rings. The minimum atomic E-state index is -1.14. The Bertz CT molecular complexity index is 389. The van der Waals surface area contributed by atoms with Crippen LogP contribution in [0.3, 0.4) is 0 Å². The van der Waals surface area contributed by atoms with Crippen LogP contribution in [-0.2, 0) is 33.4 Å². The Morgan fingerprint density at radius 3 is 2.75 bits per heavy atom. The van der Waals surface area contributed by atoms with Gasteiger partial charge in [-0.3, -0.25) is 14.4 Å². The van der Waals surface area contributed by atoms with Gasteiger partial charge in [-0.25, -0.2) is 4.79 Å². The van der Waals surface area contributed by atoms with E-state index in [0.717, 1.165) is 0 Å². The van der Waals surface area contributed by atoms with Gasteiger partial charge in [0.1, 0.15) is 12.7 Å². The summed E-state index contributed by atoms with van der Waals surface area (Å²) in [5.74, 6) is -1.47. The summed E-state index contributed by atoms with van der Waals surface area (Å²) in [6.07, 6.45) is 0.0169. The number of ether oxygens (including phenoxy) is 3. The quantitative estimate of drug-likeness (QED) is 0.260. The molecule has 1 saturated heterocycles. The molecular weight excluding hydrogens is 294 g/mol. The fourth-order valence-electron chi connectivity index (χ4n) is 1.53. The zero-order chi connectivity index (χ0) is 15.1. The Hall–Kier alpha value is -1.83. The number of carbonyl (C=O) groups is 4. The lowest BCUT2D eigenvalue weighted by Gasteiger charge is -2.33. The Kier molecular flexibility index (Phi) is 6.23. The number of nitrogens with one attached hydrogen (secondary N) is 1. The lowest BCUT2D eigenvalue weighted by molar-refractivity contribution is -0.185. The predicted octanol–water partition coefficient (Wildman–Crippen LogP) is -0.666. The van der Waals surface area contributed by atoms with Gasteiger partial charge >= 0.3 is 11.9 Å². The third-order valence-electron chi connectivity index (χ3n) is 2.74. The van der Waals surface area contributed by atoms with Crippen LogP contribution in [-0.4, -0.2) is 49.1 Å². The summed E-state index contributed by atoms with van der Waals surface area (Å²) in [6, 6.07) is -1.14. The van der Waals surface area contributed by atoms with Gasteiger partial charge < -0.3 is 19.5 Å². The van der Waals surface area contributed by atoms with E-state index in [-0.39, 0.29) is 37.8 Å². The zero-order valence-electron chi connectivity index (χ0n) is 10.6. The van der Waals surface area contributed by atoms with Crippen LogP contribution >= 0.6 is 11.6 Å². The number of esters is 2. The molecule has 0 aromatic carbocycles. The van der Waals surface area contributed by atoms with Crippen LogP contribution in [0.2, 0.25) is 0 Å². The van der Waals surface area contributed by atoms with Crippen LogP contribution in [0.15, 0.2) is 0 Å². The van der Waals surface area contributed by atoms with E-state index in [1.807, 2.05) is 0 Å². The maximum Gasteiger partial charge on any atom is 0.333 e. The largest absolute Gasteiger partial charge is 0.465 e. The van der Waals surface area contributed by atoms with E-state index < -0.39 is 23.7 Å². The number of rotatable bonds is 9. The molecule has 112 valence electrons. The first-order valence-corrected chi connectivity index (χ1v) is 6.23. The minimum absolute atomic E-state index is 0.139. The summed E-state index contributed by atoms with van der Waals surface area (Å²) >= 11 is 5.81. The van der Waals surface area contributed by atoms with Crippen molar-refractivity contribution in [1.82, 2.24) is 5.32 Å². The highest BCUT2D eigenvalue weighted by Crippen LogP contribution is 2.27. The molecule has 20 heavy (non-hydrogen) atoms. The van der Waals surface area contributed by atoms with E-state index in [1.54, 1.807) is 6.92 Å². The van der Waals surface area contributed by atoms with Gasteiger partial charge in [0.2, 0.25) is 6.41 Å². The summed E-state index contributed by atoms with van der Waals surface area (Å²) < 4.78 is 14.1. The third-order valence-corrected chi connectivity index (χ3v) is 3.01. The van der Waals surface area contributed by atoms with E-state index in [2.05, 4.69) is 10.1 Å². The maximum atomic E-state index is 11.7. The lowest BCUT2D eigenvalue weighted by Crippen LogP contribution is -2.46. The van der Waals surface area contributed by atoms with Gasteiger partial charge in [0.15, 0.2) is 11.6 Å². The van der Waals surface area contributed by atoms with E-state index in [1.165, 1.54) is 0 Å². The Morgan fingerprint density at radius 2 is 2.25 bits per heavy atom. The molecule has 1 fully saturated rings. The second-order valence-corrected chi connectivity index (χ2v) is 4.60. The molecular formula is C11H14ClNO7. The molecule has 9 heteroatoms. The van der Waals surface area contributed by atoms with Crippen molar-refractivity contribution in [1.29, 1.82) is 0 Å². The number of amides is 1. The molecule has 0 unspecified atom stereocenters. The van der Waals surface area contributed by atoms with Gasteiger partial charge in [-0.15, -0.1) is 0 Å². The van der Waals surface area contributed by atoms with Crippen molar-refractivity contribution in [3.05, 3.63) is 0 Å². The summed E-state index contributed by atoms with van der Waals surface area (Å²) in [7, 11) is 0. The number of hydrogen-bond donors (Lipinski definition) is 1. The second kappa shape index (κ2) is 7.68. The first-order chi connectivity index (χ1) is 9.49. The molecule has 1 N–H and O–H groups in total. The molecule has 0 aromatic heterocycles. The van der Waals surface area contributed by atoms with Crippen LogP contribution in [0.1, 0.15) is 13.3 Å². The Balaban J connectivity index is 2.39. The maximum absolute atomic E-state index is 11.7. The van der Waals surface area contributed by atoms with Crippen molar-refractivity contribution in [2.45, 2.75) is 31.1 Å². The van der Waals surface area contributed by atoms with Gasteiger partial charge in [0.25, 0.3) is 6.47 Å². The molecule has 0 aliphatic carbocycles. The first-order valence-electron chi connectivity index (χ1n) is 5.79. The van der Waals surface area contributed by atoms with Crippen LogP contribution in [0.25, 0.3) is 0 Å². The lowest BCUT2D eigenvalue weighted by atomic mass is 9.97. The molecule has 0 radical (unpaired) electrons. The highest BCUT2D eigenvalue weighted by molar-refractivity contribution is 6.20. The van der Waals surface area contributed by atoms with Crippen molar-refractivity contribution in [3.8, 4) is 0 Å². The van der Waals surface area contributed by atoms with Crippen molar-refractivity contribution in [2.24, 2.45) is 5.92 Å². The highest BCUT2D eigenvalue weighted by atomic mass is 35.5. The number of cyclic esters (lactones) is 1. The van der Waals surface area contributed by atoms with Crippen molar-refractivity contribution in [2.75, 3.05) is 6.61 Å². The smallest absolute Gasteiger partial charge is 0.333 e. The number of hydrogen-bond acceptors (Lipinski definition) is 7. The monoisotopic (exact) mass is 307 g/mol. The third kappa shape index (κ3) is 4.37. The molecule has 1 aliphatic heterocycles. The summed E-state index contributed by atoms with van der Waals surface area (Å²) in [5.41, 5.74) is -1.02.